The fraction of sp³-hybridized carbons (Fsp3) is 0.333. The Morgan fingerprint density at radius 3 is 2.73 bits per heavy atom. The van der Waals surface area contributed by atoms with Crippen LogP contribution in [0.5, 0.6) is 0 Å². The molecular weight excluding hydrogens is 404 g/mol. The first kappa shape index (κ1) is 21.8. The third-order valence-electron chi connectivity index (χ3n) is 4.66. The molecule has 1 aliphatic rings. The van der Waals surface area contributed by atoms with Crippen LogP contribution in [0, 0.1) is 10.1 Å². The first-order chi connectivity index (χ1) is 14.5. The smallest absolute Gasteiger partial charge is 0.270 e. The van der Waals surface area contributed by atoms with E-state index < -0.39 is 4.92 Å². The average Bonchev–Trinajstić information content (AvgIpc) is 2.78. The molecule has 0 aromatic heterocycles. The minimum absolute atomic E-state index is 0.0217. The molecule has 2 aromatic carbocycles. The summed E-state index contributed by atoms with van der Waals surface area (Å²) >= 11 is 1.52. The van der Waals surface area contributed by atoms with Gasteiger partial charge in [0.2, 0.25) is 0 Å². The van der Waals surface area contributed by atoms with E-state index in [-0.39, 0.29) is 16.8 Å². The minimum Gasteiger partial charge on any atom is -0.378 e. The molecule has 0 radical (unpaired) electrons. The number of carbonyl (C=O) groups is 1. The van der Waals surface area contributed by atoms with E-state index in [2.05, 4.69) is 15.4 Å². The number of rotatable bonds is 8. The fourth-order valence-electron chi connectivity index (χ4n) is 2.98. The summed E-state index contributed by atoms with van der Waals surface area (Å²) in [6.45, 7) is 4.40. The normalized spacial score (nSPS) is 15.2. The molecule has 0 bridgehead atoms. The van der Waals surface area contributed by atoms with Crippen LogP contribution >= 0.6 is 11.8 Å². The van der Waals surface area contributed by atoms with Crippen molar-refractivity contribution in [3.05, 3.63) is 69.8 Å². The SMILES string of the molecule is C[C@H](SCc1ccccc1)C(=O)N/N=C\c1cc([N+](=O)[O-])ccc1N1CCOCC1. The van der Waals surface area contributed by atoms with Gasteiger partial charge in [0.1, 0.15) is 0 Å². The summed E-state index contributed by atoms with van der Waals surface area (Å²) in [5, 5.41) is 14.9. The zero-order valence-electron chi connectivity index (χ0n) is 16.7. The quantitative estimate of drug-likeness (QED) is 0.394. The molecule has 0 saturated carbocycles. The number of carbonyl (C=O) groups excluding carboxylic acids is 1. The van der Waals surface area contributed by atoms with Crippen LogP contribution in [-0.4, -0.2) is 48.6 Å². The van der Waals surface area contributed by atoms with Crippen molar-refractivity contribution in [1.29, 1.82) is 0 Å². The molecule has 1 aliphatic heterocycles. The van der Waals surface area contributed by atoms with Crippen molar-refractivity contribution in [3.8, 4) is 0 Å². The topological polar surface area (TPSA) is 97.1 Å². The van der Waals surface area contributed by atoms with Crippen LogP contribution in [0.1, 0.15) is 18.1 Å². The van der Waals surface area contributed by atoms with Crippen molar-refractivity contribution < 1.29 is 14.5 Å². The van der Waals surface area contributed by atoms with Crippen molar-refractivity contribution in [2.75, 3.05) is 31.2 Å². The zero-order chi connectivity index (χ0) is 21.3. The van der Waals surface area contributed by atoms with Crippen molar-refractivity contribution in [3.63, 3.8) is 0 Å². The Kier molecular flexibility index (Phi) is 7.81. The molecule has 158 valence electrons. The number of morpholine rings is 1. The number of hydrogen-bond acceptors (Lipinski definition) is 7. The number of anilines is 1. The summed E-state index contributed by atoms with van der Waals surface area (Å²) in [5.41, 5.74) is 5.08. The number of amides is 1. The van der Waals surface area contributed by atoms with Gasteiger partial charge in [0, 0.05) is 42.2 Å². The second-order valence-electron chi connectivity index (χ2n) is 6.77. The first-order valence-corrected chi connectivity index (χ1v) is 10.7. The van der Waals surface area contributed by atoms with Gasteiger partial charge >= 0.3 is 0 Å². The van der Waals surface area contributed by atoms with Crippen LogP contribution in [-0.2, 0) is 15.3 Å². The summed E-state index contributed by atoms with van der Waals surface area (Å²) < 4.78 is 5.37. The lowest BCUT2D eigenvalue weighted by atomic mass is 10.1. The van der Waals surface area contributed by atoms with E-state index in [1.807, 2.05) is 37.3 Å². The molecule has 30 heavy (non-hydrogen) atoms. The summed E-state index contributed by atoms with van der Waals surface area (Å²) in [6, 6.07) is 14.6. The number of nitro benzene ring substituents is 1. The third-order valence-corrected chi connectivity index (χ3v) is 5.88. The number of non-ortho nitro benzene ring substituents is 1. The summed E-state index contributed by atoms with van der Waals surface area (Å²) in [6.07, 6.45) is 1.46. The molecule has 0 spiro atoms. The molecule has 8 nitrogen and oxygen atoms in total. The second kappa shape index (κ2) is 10.7. The summed E-state index contributed by atoms with van der Waals surface area (Å²) in [7, 11) is 0. The van der Waals surface area contributed by atoms with E-state index in [1.54, 1.807) is 6.07 Å². The number of nitrogens with zero attached hydrogens (tertiary/aromatic N) is 3. The van der Waals surface area contributed by atoms with Gasteiger partial charge in [-0.15, -0.1) is 11.8 Å². The molecular formula is C21H24N4O4S. The van der Waals surface area contributed by atoms with Gasteiger partial charge in [0.25, 0.3) is 11.6 Å². The lowest BCUT2D eigenvalue weighted by molar-refractivity contribution is -0.384. The Morgan fingerprint density at radius 1 is 1.30 bits per heavy atom. The Morgan fingerprint density at radius 2 is 2.03 bits per heavy atom. The number of hydrazone groups is 1. The number of thioether (sulfide) groups is 1. The molecule has 9 heteroatoms. The second-order valence-corrected chi connectivity index (χ2v) is 8.10. The number of benzene rings is 2. The van der Waals surface area contributed by atoms with Gasteiger partial charge in [0.15, 0.2) is 0 Å². The Labute approximate surface area is 179 Å². The van der Waals surface area contributed by atoms with Gasteiger partial charge in [-0.3, -0.25) is 14.9 Å². The largest absolute Gasteiger partial charge is 0.378 e. The highest BCUT2D eigenvalue weighted by molar-refractivity contribution is 7.99. The van der Waals surface area contributed by atoms with Crippen molar-refractivity contribution in [2.24, 2.45) is 5.10 Å². The highest BCUT2D eigenvalue weighted by Crippen LogP contribution is 2.25. The molecule has 1 N–H and O–H groups in total. The van der Waals surface area contributed by atoms with E-state index in [1.165, 1.54) is 30.1 Å². The van der Waals surface area contributed by atoms with Gasteiger partial charge in [-0.05, 0) is 18.6 Å². The van der Waals surface area contributed by atoms with Crippen molar-refractivity contribution in [2.45, 2.75) is 17.9 Å². The van der Waals surface area contributed by atoms with E-state index in [4.69, 9.17) is 4.74 Å². The van der Waals surface area contributed by atoms with Gasteiger partial charge < -0.3 is 9.64 Å². The lowest BCUT2D eigenvalue weighted by Gasteiger charge is -2.29. The molecule has 1 saturated heterocycles. The van der Waals surface area contributed by atoms with E-state index in [9.17, 15) is 14.9 Å². The van der Waals surface area contributed by atoms with Gasteiger partial charge in [-0.1, -0.05) is 30.3 Å². The minimum atomic E-state index is -0.443. The highest BCUT2D eigenvalue weighted by atomic mass is 32.2. The van der Waals surface area contributed by atoms with E-state index in [0.717, 1.165) is 17.0 Å². The molecule has 2 aromatic rings. The average molecular weight is 429 g/mol. The maximum Gasteiger partial charge on any atom is 0.270 e. The van der Waals surface area contributed by atoms with Crippen LogP contribution < -0.4 is 10.3 Å². The van der Waals surface area contributed by atoms with Crippen molar-refractivity contribution in [1.82, 2.24) is 5.43 Å². The molecule has 0 aliphatic carbocycles. The maximum atomic E-state index is 12.3. The summed E-state index contributed by atoms with van der Waals surface area (Å²) in [5.74, 6) is 0.510. The van der Waals surface area contributed by atoms with Crippen LogP contribution in [0.4, 0.5) is 11.4 Å². The standard InChI is InChI=1S/C21H24N4O4S/c1-16(30-15-17-5-3-2-4-6-17)21(26)23-22-14-18-13-19(25(27)28)7-8-20(18)24-9-11-29-12-10-24/h2-8,13-14,16H,9-12,15H2,1H3,(H,23,26)/b22-14-/t16-/m0/s1. The van der Waals surface area contributed by atoms with Gasteiger partial charge in [0.05, 0.1) is 29.6 Å². The van der Waals surface area contributed by atoms with Crippen molar-refractivity contribution >= 4 is 35.3 Å². The Bertz CT molecular complexity index is 901. The lowest BCUT2D eigenvalue weighted by Crippen LogP contribution is -2.36. The molecule has 3 rings (SSSR count). The van der Waals surface area contributed by atoms with Crippen LogP contribution in [0.25, 0.3) is 0 Å². The zero-order valence-corrected chi connectivity index (χ0v) is 17.5. The van der Waals surface area contributed by atoms with Gasteiger partial charge in [-0.25, -0.2) is 5.43 Å². The molecule has 1 atom stereocenters. The predicted octanol–water partition coefficient (Wildman–Crippen LogP) is 3.20. The van der Waals surface area contributed by atoms with Crippen LogP contribution in [0.2, 0.25) is 0 Å². The Hall–Kier alpha value is -2.91. The number of nitrogens with one attached hydrogen (secondary N) is 1. The Balaban J connectivity index is 1.64. The molecule has 1 amide bonds. The van der Waals surface area contributed by atoms with Crippen LogP contribution in [0.3, 0.4) is 0 Å². The first-order valence-electron chi connectivity index (χ1n) is 9.64. The fourth-order valence-corrected chi connectivity index (χ4v) is 3.82. The van der Waals surface area contributed by atoms with Crippen LogP contribution in [0.15, 0.2) is 53.6 Å². The molecule has 1 heterocycles. The molecule has 1 fully saturated rings. The van der Waals surface area contributed by atoms with Gasteiger partial charge in [-0.2, -0.15) is 5.10 Å². The third kappa shape index (κ3) is 6.04. The maximum absolute atomic E-state index is 12.3. The predicted molar refractivity (Wildman–Crippen MR) is 119 cm³/mol. The molecule has 0 unspecified atom stereocenters. The van der Waals surface area contributed by atoms with E-state index >= 15 is 0 Å². The highest BCUT2D eigenvalue weighted by Gasteiger charge is 2.17. The summed E-state index contributed by atoms with van der Waals surface area (Å²) in [4.78, 5) is 25.1. The number of hydrogen-bond donors (Lipinski definition) is 1. The number of nitro groups is 1. The number of ether oxygens (including phenoxy) is 1. The monoisotopic (exact) mass is 428 g/mol. The van der Waals surface area contributed by atoms with E-state index in [0.29, 0.717) is 31.9 Å².